The van der Waals surface area contributed by atoms with Crippen LogP contribution < -0.4 is 10.9 Å². The molecular formula is C7H16N2O. The fourth-order valence-corrected chi connectivity index (χ4v) is 0.842. The van der Waals surface area contributed by atoms with Crippen LogP contribution in [-0.4, -0.2) is 19.4 Å². The lowest BCUT2D eigenvalue weighted by atomic mass is 10.1. The van der Waals surface area contributed by atoms with Crippen LogP contribution in [0.5, 0.6) is 0 Å². The Morgan fingerprint density at radius 2 is 2.10 bits per heavy atom. The van der Waals surface area contributed by atoms with Crippen LogP contribution in [0.25, 0.3) is 0 Å². The van der Waals surface area contributed by atoms with Gasteiger partial charge >= 0.3 is 0 Å². The van der Waals surface area contributed by atoms with Crippen molar-refractivity contribution < 1.29 is 4.79 Å². The van der Waals surface area contributed by atoms with Crippen molar-refractivity contribution in [3.63, 3.8) is 0 Å². The van der Waals surface area contributed by atoms with E-state index in [0.717, 1.165) is 12.7 Å². The van der Waals surface area contributed by atoms with E-state index in [1.54, 1.807) is 7.05 Å². The number of rotatable bonds is 5. The molecule has 60 valence electrons. The third kappa shape index (κ3) is 4.47. The molecule has 2 N–H and O–H groups in total. The topological polar surface area (TPSA) is 41.1 Å². The van der Waals surface area contributed by atoms with E-state index in [2.05, 4.69) is 24.7 Å². The minimum absolute atomic E-state index is 0.0509. The van der Waals surface area contributed by atoms with E-state index in [1.165, 1.54) is 0 Å². The van der Waals surface area contributed by atoms with Gasteiger partial charge in [0, 0.05) is 0 Å². The predicted octanol–water partition coefficient (Wildman–Crippen LogP) is 0.324. The van der Waals surface area contributed by atoms with Crippen LogP contribution in [0.15, 0.2) is 0 Å². The first-order valence-corrected chi connectivity index (χ1v) is 3.58. The third-order valence-corrected chi connectivity index (χ3v) is 1.22. The van der Waals surface area contributed by atoms with E-state index in [-0.39, 0.29) is 6.04 Å². The summed E-state index contributed by atoms with van der Waals surface area (Å²) in [5.74, 6) is 0.552. The van der Waals surface area contributed by atoms with Gasteiger partial charge in [-0.2, -0.15) is 0 Å². The molecule has 0 aromatic carbocycles. The maximum Gasteiger partial charge on any atom is 0.138 e. The Morgan fingerprint density at radius 1 is 1.50 bits per heavy atom. The van der Waals surface area contributed by atoms with Crippen LogP contribution in [-0.2, 0) is 4.79 Å². The van der Waals surface area contributed by atoms with Gasteiger partial charge in [0.1, 0.15) is 6.29 Å². The first-order valence-electron chi connectivity index (χ1n) is 3.58. The summed E-state index contributed by atoms with van der Waals surface area (Å²) in [6.45, 7) is 4.18. The summed E-state index contributed by atoms with van der Waals surface area (Å²) < 4.78 is 0. The highest BCUT2D eigenvalue weighted by atomic mass is 16.1. The first-order chi connectivity index (χ1) is 4.70. The van der Waals surface area contributed by atoms with E-state index in [4.69, 9.17) is 0 Å². The van der Waals surface area contributed by atoms with Gasteiger partial charge < -0.3 is 4.79 Å². The van der Waals surface area contributed by atoms with Crippen LogP contribution in [0.4, 0.5) is 0 Å². The Morgan fingerprint density at radius 3 is 2.40 bits per heavy atom. The summed E-state index contributed by atoms with van der Waals surface area (Å²) >= 11 is 0. The zero-order chi connectivity index (χ0) is 7.98. The van der Waals surface area contributed by atoms with Gasteiger partial charge in [0.25, 0.3) is 0 Å². The molecule has 3 heteroatoms. The van der Waals surface area contributed by atoms with Crippen molar-refractivity contribution >= 4 is 6.29 Å². The van der Waals surface area contributed by atoms with Gasteiger partial charge in [-0.1, -0.05) is 13.8 Å². The van der Waals surface area contributed by atoms with Crippen molar-refractivity contribution in [1.29, 1.82) is 0 Å². The van der Waals surface area contributed by atoms with E-state index in [9.17, 15) is 4.79 Å². The Kier molecular flexibility index (Phi) is 5.16. The number of hydrogen-bond donors (Lipinski definition) is 2. The summed E-state index contributed by atoms with van der Waals surface area (Å²) in [6.07, 6.45) is 1.81. The van der Waals surface area contributed by atoms with E-state index in [0.29, 0.717) is 5.92 Å². The van der Waals surface area contributed by atoms with Gasteiger partial charge in [0.2, 0.25) is 0 Å². The second-order valence-corrected chi connectivity index (χ2v) is 2.77. The quantitative estimate of drug-likeness (QED) is 0.431. The molecule has 0 aromatic heterocycles. The Labute approximate surface area is 62.2 Å². The standard InChI is InChI=1S/C7H16N2O/c1-6(2)4-7(5-10)9-8-3/h5-9H,4H2,1-3H3/t7-/m1/s1. The first kappa shape index (κ1) is 9.59. The predicted molar refractivity (Wildman–Crippen MR) is 41.5 cm³/mol. The highest BCUT2D eigenvalue weighted by molar-refractivity contribution is 5.57. The van der Waals surface area contributed by atoms with Crippen molar-refractivity contribution in [2.45, 2.75) is 26.3 Å². The largest absolute Gasteiger partial charge is 0.302 e. The maximum absolute atomic E-state index is 10.3. The Balaban J connectivity index is 3.49. The van der Waals surface area contributed by atoms with Gasteiger partial charge in [-0.15, -0.1) is 0 Å². The molecule has 0 saturated heterocycles. The molecule has 0 bridgehead atoms. The monoisotopic (exact) mass is 144 g/mol. The van der Waals surface area contributed by atoms with Gasteiger partial charge in [-0.05, 0) is 19.4 Å². The molecule has 0 fully saturated rings. The van der Waals surface area contributed by atoms with Gasteiger partial charge in [-0.3, -0.25) is 5.43 Å². The van der Waals surface area contributed by atoms with Crippen molar-refractivity contribution in [2.24, 2.45) is 5.92 Å². The average Bonchev–Trinajstić information content (AvgIpc) is 1.86. The van der Waals surface area contributed by atoms with Crippen LogP contribution in [0.1, 0.15) is 20.3 Å². The number of hydrogen-bond acceptors (Lipinski definition) is 3. The molecule has 0 aliphatic carbocycles. The number of aldehydes is 1. The molecule has 3 nitrogen and oxygen atoms in total. The van der Waals surface area contributed by atoms with Crippen LogP contribution in [0.2, 0.25) is 0 Å². The summed E-state index contributed by atoms with van der Waals surface area (Å²) in [7, 11) is 1.76. The maximum atomic E-state index is 10.3. The lowest BCUT2D eigenvalue weighted by Gasteiger charge is -2.12. The van der Waals surface area contributed by atoms with E-state index in [1.807, 2.05) is 0 Å². The molecule has 0 spiro atoms. The lowest BCUT2D eigenvalue weighted by Crippen LogP contribution is -2.40. The van der Waals surface area contributed by atoms with Gasteiger partial charge in [-0.25, -0.2) is 5.43 Å². The number of nitrogens with one attached hydrogen (secondary N) is 2. The number of carbonyl (C=O) groups excluding carboxylic acids is 1. The zero-order valence-corrected chi connectivity index (χ0v) is 6.85. The molecule has 0 radical (unpaired) electrons. The van der Waals surface area contributed by atoms with Gasteiger partial charge in [0.05, 0.1) is 6.04 Å². The van der Waals surface area contributed by atoms with E-state index >= 15 is 0 Å². The molecule has 1 atom stereocenters. The molecule has 0 rings (SSSR count). The second-order valence-electron chi connectivity index (χ2n) is 2.77. The molecule has 0 aromatic rings. The highest BCUT2D eigenvalue weighted by Crippen LogP contribution is 2.01. The zero-order valence-electron chi connectivity index (χ0n) is 6.85. The smallest absolute Gasteiger partial charge is 0.138 e. The number of hydrazine groups is 1. The molecule has 0 aliphatic heterocycles. The summed E-state index contributed by atoms with van der Waals surface area (Å²) in [6, 6.07) is -0.0509. The summed E-state index contributed by atoms with van der Waals surface area (Å²) in [4.78, 5) is 10.3. The Bertz CT molecular complexity index is 93.6. The summed E-state index contributed by atoms with van der Waals surface area (Å²) in [5.41, 5.74) is 5.59. The second kappa shape index (κ2) is 5.38. The third-order valence-electron chi connectivity index (χ3n) is 1.22. The van der Waals surface area contributed by atoms with Crippen molar-refractivity contribution in [3.8, 4) is 0 Å². The lowest BCUT2D eigenvalue weighted by molar-refractivity contribution is -0.110. The number of carbonyl (C=O) groups is 1. The normalized spacial score (nSPS) is 13.6. The SMILES string of the molecule is CNN[C@@H](C=O)CC(C)C. The van der Waals surface area contributed by atoms with Crippen LogP contribution in [0, 0.1) is 5.92 Å². The molecular weight excluding hydrogens is 128 g/mol. The fourth-order valence-electron chi connectivity index (χ4n) is 0.842. The van der Waals surface area contributed by atoms with Crippen molar-refractivity contribution in [2.75, 3.05) is 7.05 Å². The highest BCUT2D eigenvalue weighted by Gasteiger charge is 2.06. The van der Waals surface area contributed by atoms with Crippen LogP contribution >= 0.6 is 0 Å². The minimum Gasteiger partial charge on any atom is -0.302 e. The van der Waals surface area contributed by atoms with Crippen molar-refractivity contribution in [1.82, 2.24) is 10.9 Å². The summed E-state index contributed by atoms with van der Waals surface area (Å²) in [5, 5.41) is 0. The van der Waals surface area contributed by atoms with Crippen LogP contribution in [0.3, 0.4) is 0 Å². The Hall–Kier alpha value is -0.410. The molecule has 0 heterocycles. The van der Waals surface area contributed by atoms with Gasteiger partial charge in [0.15, 0.2) is 0 Å². The molecule has 0 amide bonds. The average molecular weight is 144 g/mol. The fraction of sp³-hybridized carbons (Fsp3) is 0.857. The van der Waals surface area contributed by atoms with E-state index < -0.39 is 0 Å². The molecule has 10 heavy (non-hydrogen) atoms. The molecule has 0 aliphatic rings. The molecule has 0 unspecified atom stereocenters. The molecule has 0 saturated carbocycles. The van der Waals surface area contributed by atoms with Crippen molar-refractivity contribution in [3.05, 3.63) is 0 Å². The minimum atomic E-state index is -0.0509.